The number of unbranched alkanes of at least 4 members (excludes halogenated alkanes) is 1. The van der Waals surface area contributed by atoms with E-state index >= 15 is 0 Å². The Bertz CT molecular complexity index is 520. The van der Waals surface area contributed by atoms with Crippen molar-refractivity contribution in [2.45, 2.75) is 39.2 Å². The smallest absolute Gasteiger partial charge is 0.212 e. The molecule has 120 valence electrons. The van der Waals surface area contributed by atoms with E-state index in [1.807, 2.05) is 25.1 Å². The van der Waals surface area contributed by atoms with Crippen LogP contribution < -0.4 is 10.0 Å². The third-order valence-electron chi connectivity index (χ3n) is 3.17. The van der Waals surface area contributed by atoms with Gasteiger partial charge in [0.2, 0.25) is 10.0 Å². The van der Waals surface area contributed by atoms with Crippen LogP contribution in [0, 0.1) is 0 Å². The predicted octanol–water partition coefficient (Wildman–Crippen LogP) is 3.10. The first-order chi connectivity index (χ1) is 9.96. The topological polar surface area (TPSA) is 58.2 Å². The molecular formula is C15H25ClN2O2S. The van der Waals surface area contributed by atoms with Crippen molar-refractivity contribution in [2.75, 3.05) is 18.8 Å². The van der Waals surface area contributed by atoms with Crippen LogP contribution in [0.4, 0.5) is 0 Å². The van der Waals surface area contributed by atoms with E-state index in [0.717, 1.165) is 31.5 Å². The maximum Gasteiger partial charge on any atom is 0.212 e. The van der Waals surface area contributed by atoms with Gasteiger partial charge in [0.1, 0.15) is 0 Å². The molecule has 0 saturated heterocycles. The third kappa shape index (κ3) is 7.27. The monoisotopic (exact) mass is 332 g/mol. The van der Waals surface area contributed by atoms with Crippen LogP contribution in [0.2, 0.25) is 5.02 Å². The molecule has 21 heavy (non-hydrogen) atoms. The molecule has 0 bridgehead atoms. The van der Waals surface area contributed by atoms with Crippen LogP contribution in [-0.2, 0) is 10.0 Å². The fourth-order valence-electron chi connectivity index (χ4n) is 2.06. The average molecular weight is 333 g/mol. The molecule has 2 N–H and O–H groups in total. The molecule has 0 heterocycles. The fourth-order valence-corrected chi connectivity index (χ4v) is 3.73. The second-order valence-electron chi connectivity index (χ2n) is 5.14. The molecular weight excluding hydrogens is 308 g/mol. The summed E-state index contributed by atoms with van der Waals surface area (Å²) in [5.74, 6) is 0.148. The van der Waals surface area contributed by atoms with Gasteiger partial charge in [-0.25, -0.2) is 13.1 Å². The molecule has 4 nitrogen and oxygen atoms in total. The Morgan fingerprint density at radius 1 is 1.19 bits per heavy atom. The van der Waals surface area contributed by atoms with E-state index < -0.39 is 10.0 Å². The van der Waals surface area contributed by atoms with Gasteiger partial charge < -0.3 is 5.32 Å². The minimum Gasteiger partial charge on any atom is -0.317 e. The minimum atomic E-state index is -3.27. The molecule has 0 aliphatic rings. The lowest BCUT2D eigenvalue weighted by molar-refractivity contribution is 0.560. The largest absolute Gasteiger partial charge is 0.317 e. The van der Waals surface area contributed by atoms with Crippen LogP contribution >= 0.6 is 11.6 Å². The number of nitrogens with one attached hydrogen (secondary N) is 2. The van der Waals surface area contributed by atoms with Crippen LogP contribution in [-0.4, -0.2) is 27.3 Å². The molecule has 0 aromatic heterocycles. The average Bonchev–Trinajstić information content (AvgIpc) is 2.42. The minimum absolute atomic E-state index is 0.148. The zero-order chi connectivity index (χ0) is 15.7. The fraction of sp³-hybridized carbons (Fsp3) is 0.600. The molecule has 0 aliphatic heterocycles. The van der Waals surface area contributed by atoms with Gasteiger partial charge in [0, 0.05) is 11.1 Å². The lowest BCUT2D eigenvalue weighted by Crippen LogP contribution is -2.29. The number of halogens is 1. The standard InChI is InChI=1S/C15H25ClN2O2S/c1-3-10-17-11-6-7-12-21(19,20)18-13(2)14-8-4-5-9-15(14)16/h4-5,8-9,13,17-18H,3,6-7,10-12H2,1-2H3. The summed E-state index contributed by atoms with van der Waals surface area (Å²) in [5.41, 5.74) is 0.798. The molecule has 0 fully saturated rings. The number of hydrogen-bond acceptors (Lipinski definition) is 3. The number of benzene rings is 1. The summed E-state index contributed by atoms with van der Waals surface area (Å²) < 4.78 is 26.8. The van der Waals surface area contributed by atoms with Crippen molar-refractivity contribution in [2.24, 2.45) is 0 Å². The number of sulfonamides is 1. The van der Waals surface area contributed by atoms with Crippen LogP contribution in [0.5, 0.6) is 0 Å². The first-order valence-electron chi connectivity index (χ1n) is 7.41. The van der Waals surface area contributed by atoms with Gasteiger partial charge in [-0.3, -0.25) is 0 Å². The van der Waals surface area contributed by atoms with E-state index in [-0.39, 0.29) is 11.8 Å². The van der Waals surface area contributed by atoms with Crippen molar-refractivity contribution in [3.05, 3.63) is 34.9 Å². The Kier molecular flexibility index (Phi) is 8.26. The Labute approximate surface area is 133 Å². The summed E-state index contributed by atoms with van der Waals surface area (Å²) >= 11 is 6.08. The van der Waals surface area contributed by atoms with Gasteiger partial charge in [0.05, 0.1) is 5.75 Å². The first-order valence-corrected chi connectivity index (χ1v) is 9.44. The Morgan fingerprint density at radius 3 is 2.57 bits per heavy atom. The molecule has 1 unspecified atom stereocenters. The Hall–Kier alpha value is -0.620. The second kappa shape index (κ2) is 9.41. The summed E-state index contributed by atoms with van der Waals surface area (Å²) in [5, 5.41) is 3.84. The van der Waals surface area contributed by atoms with Gasteiger partial charge in [0.15, 0.2) is 0 Å². The lowest BCUT2D eigenvalue weighted by Gasteiger charge is -2.15. The van der Waals surface area contributed by atoms with Crippen molar-refractivity contribution < 1.29 is 8.42 Å². The summed E-state index contributed by atoms with van der Waals surface area (Å²) in [4.78, 5) is 0. The summed E-state index contributed by atoms with van der Waals surface area (Å²) in [6.45, 7) is 5.76. The highest BCUT2D eigenvalue weighted by molar-refractivity contribution is 7.89. The molecule has 0 aliphatic carbocycles. The summed E-state index contributed by atoms with van der Waals surface area (Å²) in [6.07, 6.45) is 2.61. The predicted molar refractivity (Wildman–Crippen MR) is 89.2 cm³/mol. The van der Waals surface area contributed by atoms with Crippen molar-refractivity contribution >= 4 is 21.6 Å². The van der Waals surface area contributed by atoms with Gasteiger partial charge in [0.25, 0.3) is 0 Å². The van der Waals surface area contributed by atoms with Crippen LogP contribution in [0.25, 0.3) is 0 Å². The Balaban J connectivity index is 2.40. The second-order valence-corrected chi connectivity index (χ2v) is 7.42. The maximum atomic E-state index is 12.0. The molecule has 6 heteroatoms. The van der Waals surface area contributed by atoms with E-state index in [4.69, 9.17) is 11.6 Å². The zero-order valence-electron chi connectivity index (χ0n) is 12.7. The molecule has 1 aromatic carbocycles. The van der Waals surface area contributed by atoms with E-state index in [1.54, 1.807) is 6.07 Å². The zero-order valence-corrected chi connectivity index (χ0v) is 14.3. The van der Waals surface area contributed by atoms with Crippen LogP contribution in [0.3, 0.4) is 0 Å². The van der Waals surface area contributed by atoms with E-state index in [1.165, 1.54) is 0 Å². The molecule has 1 aromatic rings. The van der Waals surface area contributed by atoms with E-state index in [0.29, 0.717) is 11.4 Å². The molecule has 0 saturated carbocycles. The summed E-state index contributed by atoms with van der Waals surface area (Å²) in [7, 11) is -3.27. The van der Waals surface area contributed by atoms with Gasteiger partial charge in [-0.15, -0.1) is 0 Å². The van der Waals surface area contributed by atoms with Gasteiger partial charge in [-0.05, 0) is 50.9 Å². The van der Waals surface area contributed by atoms with Crippen LogP contribution in [0.1, 0.15) is 44.7 Å². The van der Waals surface area contributed by atoms with Crippen molar-refractivity contribution in [1.29, 1.82) is 0 Å². The lowest BCUT2D eigenvalue weighted by atomic mass is 10.1. The molecule has 1 atom stereocenters. The van der Waals surface area contributed by atoms with Crippen molar-refractivity contribution in [3.63, 3.8) is 0 Å². The van der Waals surface area contributed by atoms with Gasteiger partial charge >= 0.3 is 0 Å². The van der Waals surface area contributed by atoms with E-state index in [9.17, 15) is 8.42 Å². The molecule has 1 rings (SSSR count). The van der Waals surface area contributed by atoms with Gasteiger partial charge in [-0.1, -0.05) is 36.7 Å². The number of rotatable bonds is 10. The Morgan fingerprint density at radius 2 is 1.90 bits per heavy atom. The third-order valence-corrected chi connectivity index (χ3v) is 5.05. The SMILES string of the molecule is CCCNCCCCS(=O)(=O)NC(C)c1ccccc1Cl. The van der Waals surface area contributed by atoms with Gasteiger partial charge in [-0.2, -0.15) is 0 Å². The van der Waals surface area contributed by atoms with Crippen molar-refractivity contribution in [3.8, 4) is 0 Å². The highest BCUT2D eigenvalue weighted by atomic mass is 35.5. The molecule has 0 radical (unpaired) electrons. The number of hydrogen-bond donors (Lipinski definition) is 2. The highest BCUT2D eigenvalue weighted by Crippen LogP contribution is 2.22. The van der Waals surface area contributed by atoms with E-state index in [2.05, 4.69) is 17.0 Å². The molecule has 0 spiro atoms. The first kappa shape index (κ1) is 18.4. The quantitative estimate of drug-likeness (QED) is 0.647. The highest BCUT2D eigenvalue weighted by Gasteiger charge is 2.17. The van der Waals surface area contributed by atoms with Crippen LogP contribution in [0.15, 0.2) is 24.3 Å². The molecule has 0 amide bonds. The normalized spacial score (nSPS) is 13.3. The summed E-state index contributed by atoms with van der Waals surface area (Å²) in [6, 6.07) is 6.97. The van der Waals surface area contributed by atoms with Crippen molar-refractivity contribution in [1.82, 2.24) is 10.0 Å². The maximum absolute atomic E-state index is 12.0.